The molecule has 3 rings (SSSR count). The van der Waals surface area contributed by atoms with Crippen LogP contribution in [0.3, 0.4) is 0 Å². The van der Waals surface area contributed by atoms with Crippen LogP contribution in [0.4, 0.5) is 4.39 Å². The number of carbonyl (C=O) groups excluding carboxylic acids is 1. The Hall–Kier alpha value is -2.57. The first-order valence-corrected chi connectivity index (χ1v) is 8.13. The molecular weight excluding hydrogens is 311 g/mol. The van der Waals surface area contributed by atoms with E-state index >= 15 is 0 Å². The summed E-state index contributed by atoms with van der Waals surface area (Å²) in [4.78, 5) is 26.6. The lowest BCUT2D eigenvalue weighted by Gasteiger charge is -2.11. The van der Waals surface area contributed by atoms with Gasteiger partial charge in [0.05, 0.1) is 0 Å². The highest BCUT2D eigenvalue weighted by atomic mass is 19.1. The van der Waals surface area contributed by atoms with Gasteiger partial charge in [-0.2, -0.15) is 0 Å². The average molecular weight is 330 g/mol. The van der Waals surface area contributed by atoms with Gasteiger partial charge in [0.1, 0.15) is 11.5 Å². The summed E-state index contributed by atoms with van der Waals surface area (Å²) in [6, 6.07) is 6.02. The fourth-order valence-electron chi connectivity index (χ4n) is 2.89. The van der Waals surface area contributed by atoms with Crippen LogP contribution in [0, 0.1) is 5.82 Å². The Morgan fingerprint density at radius 1 is 1.29 bits per heavy atom. The second kappa shape index (κ2) is 7.33. The first kappa shape index (κ1) is 16.3. The number of benzene rings is 1. The number of aryl methyl sites for hydroxylation is 1. The molecule has 126 valence electrons. The molecular formula is C17H19FN4O2. The number of H-pyrrole nitrogens is 1. The molecule has 2 N–H and O–H groups in total. The number of nitrogens with zero attached hydrogens (tertiary/aromatic N) is 2. The quantitative estimate of drug-likeness (QED) is 0.877. The molecule has 0 atom stereocenters. The second-order valence-electron chi connectivity index (χ2n) is 6.01. The third-order valence-corrected chi connectivity index (χ3v) is 4.17. The zero-order valence-corrected chi connectivity index (χ0v) is 13.2. The maximum absolute atomic E-state index is 13.2. The molecule has 1 heterocycles. The molecule has 0 saturated heterocycles. The van der Waals surface area contributed by atoms with E-state index in [9.17, 15) is 14.0 Å². The van der Waals surface area contributed by atoms with Gasteiger partial charge in [0.2, 0.25) is 5.91 Å². The molecule has 1 aliphatic rings. The van der Waals surface area contributed by atoms with Crippen LogP contribution in [0.2, 0.25) is 0 Å². The van der Waals surface area contributed by atoms with Crippen LogP contribution >= 0.6 is 0 Å². The number of aromatic nitrogens is 3. The minimum atomic E-state index is -0.414. The van der Waals surface area contributed by atoms with Crippen molar-refractivity contribution < 1.29 is 9.18 Å². The highest BCUT2D eigenvalue weighted by Crippen LogP contribution is 2.17. The molecule has 24 heavy (non-hydrogen) atoms. The van der Waals surface area contributed by atoms with Crippen molar-refractivity contribution in [1.29, 1.82) is 0 Å². The topological polar surface area (TPSA) is 87.7 Å². The van der Waals surface area contributed by atoms with Crippen LogP contribution in [0.1, 0.15) is 37.8 Å². The van der Waals surface area contributed by atoms with Crippen molar-refractivity contribution in [3.63, 3.8) is 0 Å². The van der Waals surface area contributed by atoms with Gasteiger partial charge in [-0.25, -0.2) is 4.39 Å². The molecule has 0 unspecified atom stereocenters. The summed E-state index contributed by atoms with van der Waals surface area (Å²) in [6.45, 7) is 0. The molecule has 1 saturated carbocycles. The summed E-state index contributed by atoms with van der Waals surface area (Å²) in [7, 11) is 0. The van der Waals surface area contributed by atoms with Crippen molar-refractivity contribution >= 4 is 5.91 Å². The summed E-state index contributed by atoms with van der Waals surface area (Å²) < 4.78 is 13.2. The van der Waals surface area contributed by atoms with Crippen molar-refractivity contribution in [1.82, 2.24) is 20.5 Å². The van der Waals surface area contributed by atoms with Crippen molar-refractivity contribution in [2.24, 2.45) is 0 Å². The van der Waals surface area contributed by atoms with Gasteiger partial charge in [0, 0.05) is 24.4 Å². The van der Waals surface area contributed by atoms with Gasteiger partial charge in [-0.05, 0) is 25.0 Å². The predicted molar refractivity (Wildman–Crippen MR) is 86.8 cm³/mol. The summed E-state index contributed by atoms with van der Waals surface area (Å²) in [5.41, 5.74) is 0.250. The van der Waals surface area contributed by atoms with E-state index in [1.807, 2.05) is 0 Å². The maximum Gasteiger partial charge on any atom is 0.273 e. The summed E-state index contributed by atoms with van der Waals surface area (Å²) >= 11 is 0. The van der Waals surface area contributed by atoms with Crippen molar-refractivity contribution in [3.8, 4) is 11.4 Å². The number of nitrogens with one attached hydrogen (secondary N) is 2. The van der Waals surface area contributed by atoms with Gasteiger partial charge in [-0.15, -0.1) is 10.2 Å². The fourth-order valence-corrected chi connectivity index (χ4v) is 2.89. The largest absolute Gasteiger partial charge is 0.353 e. The Bertz CT molecular complexity index is 784. The molecule has 0 bridgehead atoms. The van der Waals surface area contributed by atoms with Gasteiger partial charge >= 0.3 is 0 Å². The van der Waals surface area contributed by atoms with Gasteiger partial charge in [-0.1, -0.05) is 25.0 Å². The molecule has 2 aromatic rings. The van der Waals surface area contributed by atoms with E-state index in [1.54, 1.807) is 6.07 Å². The smallest absolute Gasteiger partial charge is 0.273 e. The number of hydrogen-bond donors (Lipinski definition) is 2. The lowest BCUT2D eigenvalue weighted by Crippen LogP contribution is -2.33. The van der Waals surface area contributed by atoms with E-state index in [1.165, 1.54) is 18.2 Å². The third kappa shape index (κ3) is 4.04. The van der Waals surface area contributed by atoms with Gasteiger partial charge < -0.3 is 10.3 Å². The summed E-state index contributed by atoms with van der Waals surface area (Å²) in [5, 5.41) is 10.8. The molecule has 1 fully saturated rings. The lowest BCUT2D eigenvalue weighted by molar-refractivity contribution is -0.121. The normalized spacial score (nSPS) is 14.7. The van der Waals surface area contributed by atoms with Crippen LogP contribution < -0.4 is 10.9 Å². The van der Waals surface area contributed by atoms with Crippen LogP contribution in [-0.4, -0.2) is 27.1 Å². The Kier molecular flexibility index (Phi) is 4.98. The molecule has 1 aliphatic carbocycles. The zero-order valence-electron chi connectivity index (χ0n) is 13.2. The molecule has 1 aromatic carbocycles. The fraction of sp³-hybridized carbons (Fsp3) is 0.412. The van der Waals surface area contributed by atoms with E-state index in [0.717, 1.165) is 25.7 Å². The van der Waals surface area contributed by atoms with Crippen LogP contribution in [0.25, 0.3) is 11.4 Å². The van der Waals surface area contributed by atoms with E-state index in [0.29, 0.717) is 5.56 Å². The van der Waals surface area contributed by atoms with E-state index < -0.39 is 11.4 Å². The third-order valence-electron chi connectivity index (χ3n) is 4.17. The van der Waals surface area contributed by atoms with Gasteiger partial charge in [-0.3, -0.25) is 9.59 Å². The molecule has 0 radical (unpaired) electrons. The molecule has 7 heteroatoms. The van der Waals surface area contributed by atoms with E-state index in [4.69, 9.17) is 0 Å². The SMILES string of the molecule is O=C(CCc1nnc(-c2cccc(F)c2)[nH]c1=O)NC1CCCC1. The Balaban J connectivity index is 1.62. The number of carbonyl (C=O) groups is 1. The number of rotatable bonds is 5. The van der Waals surface area contributed by atoms with E-state index in [2.05, 4.69) is 20.5 Å². The first-order chi connectivity index (χ1) is 11.6. The number of halogens is 1. The van der Waals surface area contributed by atoms with Crippen LogP contribution in [0.15, 0.2) is 29.1 Å². The number of amides is 1. The molecule has 6 nitrogen and oxygen atoms in total. The number of aromatic amines is 1. The standard InChI is InChI=1S/C17H19FN4O2/c18-12-5-3-4-11(10-12)16-20-17(24)14(21-22-16)8-9-15(23)19-13-6-1-2-7-13/h3-5,10,13H,1-2,6-9H2,(H,19,23)(H,20,22,24). The van der Waals surface area contributed by atoms with Crippen LogP contribution in [0.5, 0.6) is 0 Å². The first-order valence-electron chi connectivity index (χ1n) is 8.13. The van der Waals surface area contributed by atoms with Gasteiger partial charge in [0.25, 0.3) is 5.56 Å². The van der Waals surface area contributed by atoms with Crippen molar-refractivity contribution in [2.45, 2.75) is 44.6 Å². The molecule has 0 spiro atoms. The average Bonchev–Trinajstić information content (AvgIpc) is 3.06. The summed E-state index contributed by atoms with van der Waals surface area (Å²) in [6.07, 6.45) is 4.77. The highest BCUT2D eigenvalue weighted by molar-refractivity contribution is 5.76. The van der Waals surface area contributed by atoms with E-state index in [-0.39, 0.29) is 36.3 Å². The lowest BCUT2D eigenvalue weighted by atomic mass is 10.2. The molecule has 1 aromatic heterocycles. The Morgan fingerprint density at radius 2 is 2.08 bits per heavy atom. The monoisotopic (exact) mass is 330 g/mol. The van der Waals surface area contributed by atoms with Crippen LogP contribution in [-0.2, 0) is 11.2 Å². The predicted octanol–water partition coefficient (Wildman–Crippen LogP) is 1.96. The van der Waals surface area contributed by atoms with Crippen molar-refractivity contribution in [3.05, 3.63) is 46.1 Å². The summed E-state index contributed by atoms with van der Waals surface area (Å²) in [5.74, 6) is -0.279. The second-order valence-corrected chi connectivity index (χ2v) is 6.01. The Morgan fingerprint density at radius 3 is 2.79 bits per heavy atom. The molecule has 0 aliphatic heterocycles. The number of hydrogen-bond acceptors (Lipinski definition) is 4. The maximum atomic E-state index is 13.2. The minimum Gasteiger partial charge on any atom is -0.353 e. The highest BCUT2D eigenvalue weighted by Gasteiger charge is 2.17. The zero-order chi connectivity index (χ0) is 16.9. The Labute approximate surface area is 138 Å². The molecule has 1 amide bonds. The van der Waals surface area contributed by atoms with Crippen molar-refractivity contribution in [2.75, 3.05) is 0 Å². The van der Waals surface area contributed by atoms with Gasteiger partial charge in [0.15, 0.2) is 5.82 Å². The minimum absolute atomic E-state index is 0.0719.